The Morgan fingerprint density at radius 2 is 2.24 bits per heavy atom. The van der Waals surface area contributed by atoms with E-state index in [1.54, 1.807) is 0 Å². The molecule has 2 heterocycles. The summed E-state index contributed by atoms with van der Waals surface area (Å²) in [5, 5.41) is 0. The van der Waals surface area contributed by atoms with Gasteiger partial charge in [0.05, 0.1) is 0 Å². The van der Waals surface area contributed by atoms with Gasteiger partial charge < -0.3 is 5.73 Å². The fourth-order valence-electron chi connectivity index (χ4n) is 3.27. The highest BCUT2D eigenvalue weighted by molar-refractivity contribution is 7.99. The van der Waals surface area contributed by atoms with Crippen molar-refractivity contribution in [2.24, 2.45) is 5.73 Å². The predicted octanol–water partition coefficient (Wildman–Crippen LogP) is 1.24. The molecule has 0 bridgehead atoms. The molecule has 4 heteroatoms. The first-order valence-corrected chi connectivity index (χ1v) is 8.14. The van der Waals surface area contributed by atoms with Crippen molar-refractivity contribution in [3.8, 4) is 0 Å². The van der Waals surface area contributed by atoms with Crippen LogP contribution in [0, 0.1) is 0 Å². The van der Waals surface area contributed by atoms with Gasteiger partial charge in [-0.25, -0.2) is 0 Å². The number of likely N-dealkylation sites (N-methyl/N-ethyl adjacent to an activating group) is 1. The van der Waals surface area contributed by atoms with Gasteiger partial charge in [0.2, 0.25) is 0 Å². The minimum Gasteiger partial charge on any atom is -0.329 e. The summed E-state index contributed by atoms with van der Waals surface area (Å²) in [4.78, 5) is 5.27. The molecule has 2 unspecified atom stereocenters. The highest BCUT2D eigenvalue weighted by atomic mass is 32.2. The SMILES string of the molecule is CCN1CCN(C2(CN)CCCSC2)CC1C. The van der Waals surface area contributed by atoms with Gasteiger partial charge in [0.15, 0.2) is 0 Å². The van der Waals surface area contributed by atoms with Gasteiger partial charge in [0, 0.05) is 43.5 Å². The maximum absolute atomic E-state index is 6.11. The first kappa shape index (κ1) is 13.7. The quantitative estimate of drug-likeness (QED) is 0.824. The summed E-state index contributed by atoms with van der Waals surface area (Å²) < 4.78 is 0. The molecule has 17 heavy (non-hydrogen) atoms. The molecule has 2 N–H and O–H groups in total. The number of nitrogens with two attached hydrogens (primary N) is 1. The van der Waals surface area contributed by atoms with E-state index < -0.39 is 0 Å². The van der Waals surface area contributed by atoms with Crippen molar-refractivity contribution in [2.75, 3.05) is 44.2 Å². The second kappa shape index (κ2) is 5.91. The van der Waals surface area contributed by atoms with Gasteiger partial charge in [-0.05, 0) is 32.1 Å². The van der Waals surface area contributed by atoms with E-state index >= 15 is 0 Å². The molecule has 0 amide bonds. The third-order valence-corrected chi connectivity index (χ3v) is 5.84. The smallest absolute Gasteiger partial charge is 0.0423 e. The normalized spacial score (nSPS) is 37.2. The van der Waals surface area contributed by atoms with E-state index in [0.29, 0.717) is 11.6 Å². The molecular weight excluding hydrogens is 230 g/mol. The maximum atomic E-state index is 6.11. The largest absolute Gasteiger partial charge is 0.329 e. The summed E-state index contributed by atoms with van der Waals surface area (Å²) in [5.74, 6) is 2.56. The fraction of sp³-hybridized carbons (Fsp3) is 1.00. The molecule has 100 valence electrons. The number of thioether (sulfide) groups is 1. The average Bonchev–Trinajstić information content (AvgIpc) is 2.39. The summed E-state index contributed by atoms with van der Waals surface area (Å²) in [6.45, 7) is 10.3. The second-order valence-corrected chi connectivity index (χ2v) is 6.61. The molecule has 3 nitrogen and oxygen atoms in total. The topological polar surface area (TPSA) is 32.5 Å². The van der Waals surface area contributed by atoms with E-state index in [-0.39, 0.29) is 0 Å². The van der Waals surface area contributed by atoms with Gasteiger partial charge >= 0.3 is 0 Å². The molecule has 0 spiro atoms. The molecule has 0 radical (unpaired) electrons. The van der Waals surface area contributed by atoms with Gasteiger partial charge in [0.1, 0.15) is 0 Å². The molecule has 0 aliphatic carbocycles. The zero-order valence-corrected chi connectivity index (χ0v) is 12.1. The molecule has 2 saturated heterocycles. The highest BCUT2D eigenvalue weighted by Crippen LogP contribution is 2.32. The van der Waals surface area contributed by atoms with Gasteiger partial charge in [-0.15, -0.1) is 0 Å². The van der Waals surface area contributed by atoms with Crippen molar-refractivity contribution >= 4 is 11.8 Å². The van der Waals surface area contributed by atoms with Gasteiger partial charge in [-0.2, -0.15) is 11.8 Å². The fourth-order valence-corrected chi connectivity index (χ4v) is 4.59. The van der Waals surface area contributed by atoms with Crippen molar-refractivity contribution in [3.63, 3.8) is 0 Å². The molecule has 0 saturated carbocycles. The Labute approximate surface area is 110 Å². The van der Waals surface area contributed by atoms with Crippen LogP contribution < -0.4 is 5.73 Å². The van der Waals surface area contributed by atoms with Gasteiger partial charge in [0.25, 0.3) is 0 Å². The molecule has 0 aromatic carbocycles. The van der Waals surface area contributed by atoms with Crippen LogP contribution in [0.5, 0.6) is 0 Å². The molecular formula is C13H27N3S. The van der Waals surface area contributed by atoms with Crippen LogP contribution in [0.4, 0.5) is 0 Å². The third-order valence-electron chi connectivity index (χ3n) is 4.52. The van der Waals surface area contributed by atoms with Crippen LogP contribution >= 0.6 is 11.8 Å². The maximum Gasteiger partial charge on any atom is 0.0423 e. The molecule has 2 fully saturated rings. The Balaban J connectivity index is 2.01. The molecule has 2 aliphatic heterocycles. The lowest BCUT2D eigenvalue weighted by atomic mass is 9.91. The lowest BCUT2D eigenvalue weighted by molar-refractivity contribution is 0.0154. The molecule has 0 aromatic heterocycles. The first-order chi connectivity index (χ1) is 8.22. The second-order valence-electron chi connectivity index (χ2n) is 5.51. The van der Waals surface area contributed by atoms with E-state index in [2.05, 4.69) is 35.4 Å². The Morgan fingerprint density at radius 3 is 2.76 bits per heavy atom. The summed E-state index contributed by atoms with van der Waals surface area (Å²) in [6.07, 6.45) is 2.64. The summed E-state index contributed by atoms with van der Waals surface area (Å²) in [6, 6.07) is 0.684. The van der Waals surface area contributed by atoms with E-state index in [4.69, 9.17) is 5.73 Å². The van der Waals surface area contributed by atoms with Crippen LogP contribution in [0.2, 0.25) is 0 Å². The molecule has 2 rings (SSSR count). The Hall–Kier alpha value is 0.230. The molecule has 0 aromatic rings. The number of hydrogen-bond acceptors (Lipinski definition) is 4. The number of nitrogens with zero attached hydrogens (tertiary/aromatic N) is 2. The Kier molecular flexibility index (Phi) is 4.75. The van der Waals surface area contributed by atoms with Crippen LogP contribution in [0.1, 0.15) is 26.7 Å². The lowest BCUT2D eigenvalue weighted by Crippen LogP contribution is -2.64. The number of piperazine rings is 1. The highest BCUT2D eigenvalue weighted by Gasteiger charge is 2.39. The lowest BCUT2D eigenvalue weighted by Gasteiger charge is -2.51. The Bertz CT molecular complexity index is 241. The van der Waals surface area contributed by atoms with Crippen molar-refractivity contribution in [1.29, 1.82) is 0 Å². The number of hydrogen-bond donors (Lipinski definition) is 1. The first-order valence-electron chi connectivity index (χ1n) is 6.99. The third kappa shape index (κ3) is 2.80. The van der Waals surface area contributed by atoms with Crippen LogP contribution in [0.25, 0.3) is 0 Å². The molecule has 2 aliphatic rings. The average molecular weight is 257 g/mol. The zero-order chi connectivity index (χ0) is 12.3. The zero-order valence-electron chi connectivity index (χ0n) is 11.3. The van der Waals surface area contributed by atoms with E-state index in [9.17, 15) is 0 Å². The monoisotopic (exact) mass is 257 g/mol. The minimum atomic E-state index is 0.303. The predicted molar refractivity (Wildman–Crippen MR) is 76.6 cm³/mol. The van der Waals surface area contributed by atoms with E-state index in [1.165, 1.54) is 50.5 Å². The van der Waals surface area contributed by atoms with Crippen molar-refractivity contribution in [2.45, 2.75) is 38.3 Å². The van der Waals surface area contributed by atoms with Crippen molar-refractivity contribution < 1.29 is 0 Å². The van der Waals surface area contributed by atoms with Crippen LogP contribution in [0.3, 0.4) is 0 Å². The van der Waals surface area contributed by atoms with Gasteiger partial charge in [-0.3, -0.25) is 9.80 Å². The van der Waals surface area contributed by atoms with E-state index in [1.807, 2.05) is 0 Å². The van der Waals surface area contributed by atoms with Crippen molar-refractivity contribution in [3.05, 3.63) is 0 Å². The summed E-state index contributed by atoms with van der Waals surface area (Å²) >= 11 is 2.09. The number of rotatable bonds is 3. The molecule has 2 atom stereocenters. The van der Waals surface area contributed by atoms with Crippen molar-refractivity contribution in [1.82, 2.24) is 9.80 Å². The standard InChI is InChI=1S/C13H27N3S/c1-3-15-6-7-16(9-12(15)2)13(10-14)5-4-8-17-11-13/h12H,3-11,14H2,1-2H3. The summed E-state index contributed by atoms with van der Waals surface area (Å²) in [5.41, 5.74) is 6.42. The van der Waals surface area contributed by atoms with Gasteiger partial charge in [-0.1, -0.05) is 6.92 Å². The van der Waals surface area contributed by atoms with Crippen LogP contribution in [-0.2, 0) is 0 Å². The van der Waals surface area contributed by atoms with E-state index in [0.717, 1.165) is 6.54 Å². The van der Waals surface area contributed by atoms with Crippen LogP contribution in [0.15, 0.2) is 0 Å². The summed E-state index contributed by atoms with van der Waals surface area (Å²) in [7, 11) is 0. The Morgan fingerprint density at radius 1 is 1.41 bits per heavy atom. The minimum absolute atomic E-state index is 0.303. The van der Waals surface area contributed by atoms with Crippen LogP contribution in [-0.4, -0.2) is 65.6 Å².